The predicted octanol–water partition coefficient (Wildman–Crippen LogP) is 1.75. The first-order valence-corrected chi connectivity index (χ1v) is 5.90. The van der Waals surface area contributed by atoms with Crippen LogP contribution in [-0.2, 0) is 13.0 Å². The second kappa shape index (κ2) is 6.56. The van der Waals surface area contributed by atoms with Gasteiger partial charge in [0.1, 0.15) is 12.2 Å². The van der Waals surface area contributed by atoms with Crippen molar-refractivity contribution in [3.8, 4) is 0 Å². The topological polar surface area (TPSA) is 56.7 Å². The van der Waals surface area contributed by atoms with Crippen LogP contribution in [0.3, 0.4) is 0 Å². The molecule has 15 heavy (non-hydrogen) atoms. The lowest BCUT2D eigenvalue weighted by Gasteiger charge is -2.09. The van der Waals surface area contributed by atoms with E-state index in [2.05, 4.69) is 23.9 Å². The van der Waals surface area contributed by atoms with Crippen LogP contribution >= 0.6 is 0 Å². The Morgan fingerprint density at radius 3 is 2.87 bits per heavy atom. The van der Waals surface area contributed by atoms with Crippen LogP contribution in [0.4, 0.5) is 0 Å². The van der Waals surface area contributed by atoms with Gasteiger partial charge in [-0.3, -0.25) is 4.68 Å². The zero-order chi connectivity index (χ0) is 11.1. The zero-order valence-electron chi connectivity index (χ0n) is 9.82. The number of aryl methyl sites for hydroxylation is 2. The number of aromatic nitrogens is 3. The lowest BCUT2D eigenvalue weighted by molar-refractivity contribution is 0.522. The molecule has 4 nitrogen and oxygen atoms in total. The number of hydrogen-bond acceptors (Lipinski definition) is 3. The van der Waals surface area contributed by atoms with Gasteiger partial charge in [-0.25, -0.2) is 4.98 Å². The first-order chi connectivity index (χ1) is 7.27. The van der Waals surface area contributed by atoms with E-state index in [9.17, 15) is 0 Å². The summed E-state index contributed by atoms with van der Waals surface area (Å²) in [5.41, 5.74) is 5.95. The first-order valence-electron chi connectivity index (χ1n) is 5.90. The summed E-state index contributed by atoms with van der Waals surface area (Å²) in [7, 11) is 0. The summed E-state index contributed by atoms with van der Waals surface area (Å²) < 4.78 is 1.95. The van der Waals surface area contributed by atoms with Crippen molar-refractivity contribution in [3.63, 3.8) is 0 Å². The summed E-state index contributed by atoms with van der Waals surface area (Å²) in [5, 5.41) is 4.14. The van der Waals surface area contributed by atoms with Crippen molar-refractivity contribution in [2.75, 3.05) is 0 Å². The molecule has 0 aliphatic carbocycles. The fraction of sp³-hybridized carbons (Fsp3) is 0.818. The molecule has 0 amide bonds. The molecule has 86 valence electrons. The molecule has 1 rings (SSSR count). The Bertz CT molecular complexity index is 269. The van der Waals surface area contributed by atoms with Crippen molar-refractivity contribution in [2.45, 2.75) is 58.5 Å². The van der Waals surface area contributed by atoms with E-state index in [0.717, 1.165) is 38.1 Å². The molecule has 1 heterocycles. The zero-order valence-corrected chi connectivity index (χ0v) is 9.82. The maximum Gasteiger partial charge on any atom is 0.138 e. The van der Waals surface area contributed by atoms with E-state index in [4.69, 9.17) is 5.73 Å². The first kappa shape index (κ1) is 12.2. The molecule has 1 atom stereocenters. The van der Waals surface area contributed by atoms with E-state index in [1.54, 1.807) is 6.33 Å². The van der Waals surface area contributed by atoms with E-state index in [1.807, 2.05) is 4.68 Å². The Morgan fingerprint density at radius 2 is 2.20 bits per heavy atom. The van der Waals surface area contributed by atoms with E-state index in [0.29, 0.717) is 6.04 Å². The molecule has 1 unspecified atom stereocenters. The molecule has 0 aliphatic rings. The van der Waals surface area contributed by atoms with Gasteiger partial charge in [0.15, 0.2) is 0 Å². The van der Waals surface area contributed by atoms with Crippen LogP contribution in [0.15, 0.2) is 6.33 Å². The highest BCUT2D eigenvalue weighted by atomic mass is 15.3. The lowest BCUT2D eigenvalue weighted by atomic mass is 10.1. The van der Waals surface area contributed by atoms with Crippen LogP contribution < -0.4 is 5.73 Å². The average molecular weight is 210 g/mol. The van der Waals surface area contributed by atoms with Gasteiger partial charge in [0.2, 0.25) is 0 Å². The minimum Gasteiger partial charge on any atom is -0.328 e. The van der Waals surface area contributed by atoms with Crippen molar-refractivity contribution < 1.29 is 0 Å². The largest absolute Gasteiger partial charge is 0.328 e. The molecular weight excluding hydrogens is 188 g/mol. The fourth-order valence-corrected chi connectivity index (χ4v) is 1.78. The van der Waals surface area contributed by atoms with Gasteiger partial charge in [0.05, 0.1) is 0 Å². The number of rotatable bonds is 7. The third-order valence-electron chi connectivity index (χ3n) is 2.63. The van der Waals surface area contributed by atoms with Crippen LogP contribution in [0.2, 0.25) is 0 Å². The van der Waals surface area contributed by atoms with E-state index in [1.165, 1.54) is 6.42 Å². The van der Waals surface area contributed by atoms with Crippen LogP contribution in [0.25, 0.3) is 0 Å². The highest BCUT2D eigenvalue weighted by Gasteiger charge is 2.04. The van der Waals surface area contributed by atoms with Crippen molar-refractivity contribution in [1.29, 1.82) is 0 Å². The van der Waals surface area contributed by atoms with E-state index < -0.39 is 0 Å². The molecule has 0 saturated heterocycles. The van der Waals surface area contributed by atoms with Gasteiger partial charge in [0, 0.05) is 19.0 Å². The standard InChI is InChI=1S/C11H22N4/c1-3-6-10(12)7-5-8-11-13-9-14-15(11)4-2/h9-10H,3-8,12H2,1-2H3. The molecule has 0 spiro atoms. The predicted molar refractivity (Wildman–Crippen MR) is 61.5 cm³/mol. The van der Waals surface area contributed by atoms with Gasteiger partial charge in [-0.2, -0.15) is 5.10 Å². The maximum absolute atomic E-state index is 5.95. The van der Waals surface area contributed by atoms with Crippen molar-refractivity contribution in [3.05, 3.63) is 12.2 Å². The van der Waals surface area contributed by atoms with Crippen LogP contribution in [0.5, 0.6) is 0 Å². The minimum absolute atomic E-state index is 0.355. The minimum atomic E-state index is 0.355. The fourth-order valence-electron chi connectivity index (χ4n) is 1.78. The van der Waals surface area contributed by atoms with E-state index in [-0.39, 0.29) is 0 Å². The van der Waals surface area contributed by atoms with Crippen LogP contribution in [-0.4, -0.2) is 20.8 Å². The van der Waals surface area contributed by atoms with Crippen molar-refractivity contribution in [1.82, 2.24) is 14.8 Å². The SMILES string of the molecule is CCCC(N)CCCc1ncnn1CC. The number of nitrogens with zero attached hydrogens (tertiary/aromatic N) is 3. The Kier molecular flexibility index (Phi) is 5.32. The quantitative estimate of drug-likeness (QED) is 0.746. The third-order valence-corrected chi connectivity index (χ3v) is 2.63. The summed E-state index contributed by atoms with van der Waals surface area (Å²) in [6.07, 6.45) is 7.12. The smallest absolute Gasteiger partial charge is 0.138 e. The molecule has 0 radical (unpaired) electrons. The third kappa shape index (κ3) is 4.00. The Hall–Kier alpha value is -0.900. The average Bonchev–Trinajstić information content (AvgIpc) is 2.66. The Labute approximate surface area is 91.9 Å². The summed E-state index contributed by atoms with van der Waals surface area (Å²) in [5.74, 6) is 1.08. The van der Waals surface area contributed by atoms with Crippen molar-refractivity contribution >= 4 is 0 Å². The van der Waals surface area contributed by atoms with Gasteiger partial charge >= 0.3 is 0 Å². The summed E-state index contributed by atoms with van der Waals surface area (Å²) in [4.78, 5) is 4.24. The highest BCUT2D eigenvalue weighted by molar-refractivity contribution is 4.84. The van der Waals surface area contributed by atoms with Crippen LogP contribution in [0, 0.1) is 0 Å². The second-order valence-corrected chi connectivity index (χ2v) is 3.93. The summed E-state index contributed by atoms with van der Waals surface area (Å²) >= 11 is 0. The second-order valence-electron chi connectivity index (χ2n) is 3.93. The van der Waals surface area contributed by atoms with E-state index >= 15 is 0 Å². The molecule has 0 bridgehead atoms. The van der Waals surface area contributed by atoms with Crippen molar-refractivity contribution in [2.24, 2.45) is 5.73 Å². The van der Waals surface area contributed by atoms with Gasteiger partial charge in [-0.15, -0.1) is 0 Å². The lowest BCUT2D eigenvalue weighted by Crippen LogP contribution is -2.19. The monoisotopic (exact) mass is 210 g/mol. The molecule has 0 aliphatic heterocycles. The van der Waals surface area contributed by atoms with Gasteiger partial charge in [0.25, 0.3) is 0 Å². The molecule has 1 aromatic rings. The molecule has 0 aromatic carbocycles. The molecule has 4 heteroatoms. The summed E-state index contributed by atoms with van der Waals surface area (Å²) in [6.45, 7) is 5.16. The number of nitrogens with two attached hydrogens (primary N) is 1. The number of hydrogen-bond donors (Lipinski definition) is 1. The highest BCUT2D eigenvalue weighted by Crippen LogP contribution is 2.06. The summed E-state index contributed by atoms with van der Waals surface area (Å²) in [6, 6.07) is 0.355. The van der Waals surface area contributed by atoms with Gasteiger partial charge in [-0.05, 0) is 26.2 Å². The molecule has 1 aromatic heterocycles. The maximum atomic E-state index is 5.95. The normalized spacial score (nSPS) is 13.0. The Balaban J connectivity index is 2.25. The van der Waals surface area contributed by atoms with Gasteiger partial charge < -0.3 is 5.73 Å². The molecule has 0 fully saturated rings. The Morgan fingerprint density at radius 1 is 1.40 bits per heavy atom. The molecule has 0 saturated carbocycles. The van der Waals surface area contributed by atoms with Crippen LogP contribution in [0.1, 0.15) is 45.4 Å². The molecular formula is C11H22N4. The van der Waals surface area contributed by atoms with Gasteiger partial charge in [-0.1, -0.05) is 13.3 Å². The molecule has 2 N–H and O–H groups in total.